The van der Waals surface area contributed by atoms with Crippen LogP contribution in [0, 0.1) is 0 Å². The van der Waals surface area contributed by atoms with Crippen LogP contribution >= 0.6 is 0 Å². The third-order valence-electron chi connectivity index (χ3n) is 6.62. The number of aromatic nitrogens is 8. The van der Waals surface area contributed by atoms with Crippen LogP contribution < -0.4 is 5.69 Å². The number of tetrazole rings is 1. The summed E-state index contributed by atoms with van der Waals surface area (Å²) < 4.78 is 12.1. The first-order valence-electron chi connectivity index (χ1n) is 12.1. The van der Waals surface area contributed by atoms with E-state index in [0.29, 0.717) is 31.7 Å². The summed E-state index contributed by atoms with van der Waals surface area (Å²) in [7, 11) is 1.35. The van der Waals surface area contributed by atoms with Crippen molar-refractivity contribution in [3.63, 3.8) is 0 Å². The Hall–Kier alpha value is -5.06. The van der Waals surface area contributed by atoms with E-state index in [4.69, 9.17) is 9.72 Å². The number of para-hydroxylation sites is 4. The number of carbonyl (C=O) groups is 1. The third kappa shape index (κ3) is 4.23. The molecule has 0 aliphatic heterocycles. The lowest BCUT2D eigenvalue weighted by molar-refractivity contribution is 0.0600. The van der Waals surface area contributed by atoms with E-state index >= 15 is 0 Å². The second-order valence-electron chi connectivity index (χ2n) is 8.87. The van der Waals surface area contributed by atoms with Gasteiger partial charge in [0, 0.05) is 6.54 Å². The molecule has 11 heteroatoms. The Morgan fingerprint density at radius 2 is 1.50 bits per heavy atom. The van der Waals surface area contributed by atoms with Crippen LogP contribution in [0.25, 0.3) is 22.1 Å². The van der Waals surface area contributed by atoms with Crippen LogP contribution in [0.4, 0.5) is 0 Å². The molecule has 0 saturated heterocycles. The maximum absolute atomic E-state index is 13.8. The average molecular weight is 509 g/mol. The fourth-order valence-electron chi connectivity index (χ4n) is 4.75. The average Bonchev–Trinajstić information content (AvgIpc) is 3.66. The maximum atomic E-state index is 13.8. The highest BCUT2D eigenvalue weighted by molar-refractivity contribution is 5.89. The van der Waals surface area contributed by atoms with Gasteiger partial charge in [0.1, 0.15) is 12.2 Å². The Morgan fingerprint density at radius 3 is 2.18 bits per heavy atom. The molecule has 0 aliphatic carbocycles. The molecule has 0 aliphatic rings. The van der Waals surface area contributed by atoms with Gasteiger partial charge in [0.05, 0.1) is 54.4 Å². The van der Waals surface area contributed by atoms with Crippen molar-refractivity contribution in [3.05, 3.63) is 107 Å². The van der Waals surface area contributed by atoms with Gasteiger partial charge in [0.15, 0.2) is 0 Å². The largest absolute Gasteiger partial charge is 0.465 e. The molecule has 190 valence electrons. The fraction of sp³-hybridized carbons (Fsp3) is 0.185. The standard InChI is InChI=1S/C27H24N8O3/c1-38-26(36)20-12-10-19(11-13-20)16-34-23-8-4-5-9-24(23)35(27(34)37)17-25-29-21-6-2-3-7-22(21)33(25)15-14-32-18-28-30-31-32/h2-13,18H,14-17H2,1H3. The van der Waals surface area contributed by atoms with Crippen LogP contribution in [-0.2, 0) is 30.9 Å². The van der Waals surface area contributed by atoms with Crippen molar-refractivity contribution in [3.8, 4) is 0 Å². The number of aryl methyl sites for hydroxylation is 2. The Labute approximate surface area is 216 Å². The Kier molecular flexibility index (Phi) is 6.00. The summed E-state index contributed by atoms with van der Waals surface area (Å²) in [5.74, 6) is 0.375. The molecule has 3 aromatic heterocycles. The minimum absolute atomic E-state index is 0.137. The lowest BCUT2D eigenvalue weighted by Crippen LogP contribution is -2.26. The van der Waals surface area contributed by atoms with Crippen molar-refractivity contribution >= 4 is 28.0 Å². The summed E-state index contributed by atoms with van der Waals surface area (Å²) in [6.07, 6.45) is 1.58. The Morgan fingerprint density at radius 1 is 0.816 bits per heavy atom. The highest BCUT2D eigenvalue weighted by atomic mass is 16.5. The number of esters is 1. The number of benzene rings is 3. The highest BCUT2D eigenvalue weighted by Gasteiger charge is 2.18. The molecule has 0 spiro atoms. The Bertz CT molecular complexity index is 1800. The van der Waals surface area contributed by atoms with E-state index in [-0.39, 0.29) is 5.69 Å². The topological polar surface area (TPSA) is 115 Å². The second-order valence-corrected chi connectivity index (χ2v) is 8.87. The number of ether oxygens (including phenoxy) is 1. The van der Waals surface area contributed by atoms with E-state index in [1.807, 2.05) is 60.7 Å². The number of methoxy groups -OCH3 is 1. The number of imidazole rings is 2. The highest BCUT2D eigenvalue weighted by Crippen LogP contribution is 2.20. The van der Waals surface area contributed by atoms with E-state index in [1.54, 1.807) is 32.3 Å². The van der Waals surface area contributed by atoms with Crippen LogP contribution in [0.1, 0.15) is 21.7 Å². The molecule has 6 aromatic rings. The summed E-state index contributed by atoms with van der Waals surface area (Å²) in [4.78, 5) is 30.4. The van der Waals surface area contributed by atoms with Crippen molar-refractivity contribution in [1.82, 2.24) is 38.9 Å². The number of rotatable bonds is 8. The molecule has 0 unspecified atom stereocenters. The minimum atomic E-state index is -0.395. The monoisotopic (exact) mass is 508 g/mol. The third-order valence-corrected chi connectivity index (χ3v) is 6.62. The van der Waals surface area contributed by atoms with Crippen LogP contribution in [0.2, 0.25) is 0 Å². The van der Waals surface area contributed by atoms with Crippen molar-refractivity contribution < 1.29 is 9.53 Å². The number of hydrogen-bond acceptors (Lipinski definition) is 7. The normalized spacial score (nSPS) is 11.4. The zero-order valence-electron chi connectivity index (χ0n) is 20.6. The summed E-state index contributed by atoms with van der Waals surface area (Å²) >= 11 is 0. The maximum Gasteiger partial charge on any atom is 0.337 e. The van der Waals surface area contributed by atoms with Crippen molar-refractivity contribution in [2.45, 2.75) is 26.2 Å². The lowest BCUT2D eigenvalue weighted by Gasteiger charge is -2.10. The number of carbonyl (C=O) groups excluding carboxylic acids is 1. The van der Waals surface area contributed by atoms with Gasteiger partial charge in [0.2, 0.25) is 0 Å². The van der Waals surface area contributed by atoms with Gasteiger partial charge in [-0.05, 0) is 52.4 Å². The fourth-order valence-corrected chi connectivity index (χ4v) is 4.75. The van der Waals surface area contributed by atoms with Gasteiger partial charge in [-0.15, -0.1) is 5.10 Å². The van der Waals surface area contributed by atoms with Gasteiger partial charge >= 0.3 is 11.7 Å². The van der Waals surface area contributed by atoms with Gasteiger partial charge in [-0.25, -0.2) is 19.3 Å². The molecular weight excluding hydrogens is 484 g/mol. The predicted molar refractivity (Wildman–Crippen MR) is 140 cm³/mol. The Balaban J connectivity index is 1.38. The molecule has 3 aromatic carbocycles. The first kappa shape index (κ1) is 23.3. The van der Waals surface area contributed by atoms with Crippen LogP contribution in [-0.4, -0.2) is 52.0 Å². The van der Waals surface area contributed by atoms with Gasteiger partial charge in [-0.2, -0.15) is 0 Å². The predicted octanol–water partition coefficient (Wildman–Crippen LogP) is 2.72. The van der Waals surface area contributed by atoms with Crippen molar-refractivity contribution in [2.24, 2.45) is 0 Å². The van der Waals surface area contributed by atoms with Crippen LogP contribution in [0.5, 0.6) is 0 Å². The van der Waals surface area contributed by atoms with Crippen LogP contribution in [0.15, 0.2) is 83.9 Å². The van der Waals surface area contributed by atoms with E-state index in [1.165, 1.54) is 7.11 Å². The lowest BCUT2D eigenvalue weighted by atomic mass is 10.1. The zero-order chi connectivity index (χ0) is 26.1. The molecule has 0 amide bonds. The molecule has 0 fully saturated rings. The van der Waals surface area contributed by atoms with Gasteiger partial charge in [-0.3, -0.25) is 9.13 Å². The first-order chi connectivity index (χ1) is 18.6. The molecule has 0 saturated carbocycles. The SMILES string of the molecule is COC(=O)c1ccc(Cn2c(=O)n(Cc3nc4ccccc4n3CCn3cnnn3)c3ccccc32)cc1. The molecule has 0 N–H and O–H groups in total. The summed E-state index contributed by atoms with van der Waals surface area (Å²) in [6, 6.07) is 22.7. The summed E-state index contributed by atoms with van der Waals surface area (Å²) in [5, 5.41) is 11.4. The molecular formula is C27H24N8O3. The summed E-state index contributed by atoms with van der Waals surface area (Å²) in [5.41, 5.74) is 4.72. The smallest absolute Gasteiger partial charge is 0.337 e. The van der Waals surface area contributed by atoms with E-state index in [0.717, 1.165) is 33.5 Å². The molecule has 6 rings (SSSR count). The van der Waals surface area contributed by atoms with E-state index < -0.39 is 5.97 Å². The number of hydrogen-bond donors (Lipinski definition) is 0. The molecule has 11 nitrogen and oxygen atoms in total. The van der Waals surface area contributed by atoms with Gasteiger partial charge in [-0.1, -0.05) is 36.4 Å². The second kappa shape index (κ2) is 9.77. The molecule has 38 heavy (non-hydrogen) atoms. The van der Waals surface area contributed by atoms with Crippen molar-refractivity contribution in [2.75, 3.05) is 7.11 Å². The van der Waals surface area contributed by atoms with Gasteiger partial charge < -0.3 is 9.30 Å². The molecule has 3 heterocycles. The van der Waals surface area contributed by atoms with E-state index in [9.17, 15) is 9.59 Å². The first-order valence-corrected chi connectivity index (χ1v) is 12.1. The number of fused-ring (bicyclic) bond motifs is 2. The summed E-state index contributed by atoms with van der Waals surface area (Å²) in [6.45, 7) is 1.83. The van der Waals surface area contributed by atoms with Gasteiger partial charge in [0.25, 0.3) is 0 Å². The minimum Gasteiger partial charge on any atom is -0.465 e. The zero-order valence-corrected chi connectivity index (χ0v) is 20.6. The van der Waals surface area contributed by atoms with Crippen molar-refractivity contribution in [1.29, 1.82) is 0 Å². The van der Waals surface area contributed by atoms with Crippen LogP contribution in [0.3, 0.4) is 0 Å². The molecule has 0 radical (unpaired) electrons. The molecule has 0 bridgehead atoms. The quantitative estimate of drug-likeness (QED) is 0.290. The molecule has 0 atom stereocenters. The number of nitrogens with zero attached hydrogens (tertiary/aromatic N) is 8. The van der Waals surface area contributed by atoms with E-state index in [2.05, 4.69) is 20.1 Å².